The molecule has 2 rings (SSSR count). The zero-order valence-corrected chi connectivity index (χ0v) is 20.8. The maximum Gasteiger partial charge on any atom is 0.191 e. The minimum atomic E-state index is 0. The normalized spacial score (nSPS) is 15.0. The Kier molecular flexibility index (Phi) is 14.0. The molecule has 0 amide bonds. The molecule has 0 bridgehead atoms. The first kappa shape index (κ1) is 25.5. The van der Waals surface area contributed by atoms with Gasteiger partial charge in [0.15, 0.2) is 11.1 Å². The number of hydrogen-bond acceptors (Lipinski definition) is 4. The van der Waals surface area contributed by atoms with Crippen LogP contribution in [0.4, 0.5) is 0 Å². The average Bonchev–Trinajstić information content (AvgIpc) is 3.33. The van der Waals surface area contributed by atoms with Crippen molar-refractivity contribution in [3.63, 3.8) is 0 Å². The molecule has 1 heterocycles. The number of unbranched alkanes of at least 4 members (excludes halogenated alkanes) is 5. The van der Waals surface area contributed by atoms with Gasteiger partial charge in [-0.15, -0.1) is 34.2 Å². The fourth-order valence-corrected chi connectivity index (χ4v) is 4.33. The average molecular weight is 523 g/mol. The number of rotatable bonds is 13. The SMILES string of the molecule is CCCCCCCCNC(N)=NCCCc1nnc(SC)n1C1CCCC1.I. The van der Waals surface area contributed by atoms with Crippen molar-refractivity contribution in [2.75, 3.05) is 19.3 Å². The maximum absolute atomic E-state index is 5.97. The van der Waals surface area contributed by atoms with E-state index in [2.05, 4.69) is 38.3 Å². The van der Waals surface area contributed by atoms with Gasteiger partial charge in [0.05, 0.1) is 0 Å². The maximum atomic E-state index is 5.97. The van der Waals surface area contributed by atoms with E-state index in [0.717, 1.165) is 36.9 Å². The second-order valence-corrected chi connectivity index (χ2v) is 8.25. The number of nitrogens with two attached hydrogens (primary N) is 1. The van der Waals surface area contributed by atoms with Crippen LogP contribution >= 0.6 is 35.7 Å². The Balaban J connectivity index is 0.00000392. The summed E-state index contributed by atoms with van der Waals surface area (Å²) < 4.78 is 2.38. The molecule has 0 aromatic carbocycles. The highest BCUT2D eigenvalue weighted by Gasteiger charge is 2.23. The van der Waals surface area contributed by atoms with E-state index in [-0.39, 0.29) is 24.0 Å². The highest BCUT2D eigenvalue weighted by Crippen LogP contribution is 2.33. The van der Waals surface area contributed by atoms with Crippen LogP contribution in [0.25, 0.3) is 0 Å². The lowest BCUT2D eigenvalue weighted by molar-refractivity contribution is 0.461. The summed E-state index contributed by atoms with van der Waals surface area (Å²) >= 11 is 1.70. The summed E-state index contributed by atoms with van der Waals surface area (Å²) in [6, 6.07) is 0.588. The third-order valence-corrected chi connectivity index (χ3v) is 5.93. The largest absolute Gasteiger partial charge is 0.370 e. The number of aryl methyl sites for hydroxylation is 1. The van der Waals surface area contributed by atoms with E-state index >= 15 is 0 Å². The molecule has 28 heavy (non-hydrogen) atoms. The van der Waals surface area contributed by atoms with Gasteiger partial charge in [0.25, 0.3) is 0 Å². The molecule has 6 nitrogen and oxygen atoms in total. The molecule has 3 N–H and O–H groups in total. The van der Waals surface area contributed by atoms with Crippen molar-refractivity contribution in [1.29, 1.82) is 0 Å². The molecular weight excluding hydrogens is 483 g/mol. The molecule has 0 spiro atoms. The van der Waals surface area contributed by atoms with E-state index in [4.69, 9.17) is 5.73 Å². The van der Waals surface area contributed by atoms with Gasteiger partial charge in [-0.1, -0.05) is 63.6 Å². The number of aliphatic imine (C=N–C) groups is 1. The van der Waals surface area contributed by atoms with Crippen molar-refractivity contribution in [2.24, 2.45) is 10.7 Å². The molecule has 0 saturated heterocycles. The van der Waals surface area contributed by atoms with Gasteiger partial charge < -0.3 is 15.6 Å². The molecule has 1 saturated carbocycles. The van der Waals surface area contributed by atoms with E-state index in [1.54, 1.807) is 11.8 Å². The Morgan fingerprint density at radius 3 is 2.57 bits per heavy atom. The summed E-state index contributed by atoms with van der Waals surface area (Å²) in [5.41, 5.74) is 5.97. The Hall–Kier alpha value is -0.510. The predicted molar refractivity (Wildman–Crippen MR) is 131 cm³/mol. The summed E-state index contributed by atoms with van der Waals surface area (Å²) in [4.78, 5) is 4.46. The van der Waals surface area contributed by atoms with Gasteiger partial charge >= 0.3 is 0 Å². The molecule has 0 aliphatic heterocycles. The summed E-state index contributed by atoms with van der Waals surface area (Å²) in [7, 11) is 0. The first-order chi connectivity index (χ1) is 13.3. The van der Waals surface area contributed by atoms with E-state index in [1.807, 2.05) is 0 Å². The molecule has 1 aromatic heterocycles. The van der Waals surface area contributed by atoms with Gasteiger partial charge in [-0.05, 0) is 31.9 Å². The number of aromatic nitrogens is 3. The third-order valence-electron chi connectivity index (χ3n) is 5.28. The summed E-state index contributed by atoms with van der Waals surface area (Å²) in [6.07, 6.45) is 16.9. The highest BCUT2D eigenvalue weighted by molar-refractivity contribution is 14.0. The summed E-state index contributed by atoms with van der Waals surface area (Å²) in [5.74, 6) is 1.69. The van der Waals surface area contributed by atoms with Gasteiger partial charge in [-0.2, -0.15) is 0 Å². The molecule has 162 valence electrons. The van der Waals surface area contributed by atoms with Gasteiger partial charge in [0.2, 0.25) is 0 Å². The molecule has 1 aromatic rings. The molecule has 8 heteroatoms. The van der Waals surface area contributed by atoms with Crippen molar-refractivity contribution in [1.82, 2.24) is 20.1 Å². The molecule has 1 aliphatic carbocycles. The number of nitrogens with one attached hydrogen (secondary N) is 1. The highest BCUT2D eigenvalue weighted by atomic mass is 127. The number of guanidine groups is 1. The molecule has 0 atom stereocenters. The van der Waals surface area contributed by atoms with E-state index < -0.39 is 0 Å². The van der Waals surface area contributed by atoms with Crippen LogP contribution in [-0.4, -0.2) is 40.1 Å². The molecule has 0 radical (unpaired) electrons. The molecular formula is C20H39IN6S. The van der Waals surface area contributed by atoms with Crippen LogP contribution in [-0.2, 0) is 6.42 Å². The van der Waals surface area contributed by atoms with E-state index in [0.29, 0.717) is 12.0 Å². The van der Waals surface area contributed by atoms with Crippen LogP contribution < -0.4 is 11.1 Å². The molecule has 0 unspecified atom stereocenters. The van der Waals surface area contributed by atoms with Gasteiger partial charge in [-0.3, -0.25) is 4.99 Å². The Labute approximate surface area is 192 Å². The zero-order valence-electron chi connectivity index (χ0n) is 17.7. The standard InChI is InChI=1S/C20H38N6S.HI/c1-3-4-5-6-7-10-15-22-19(21)23-16-11-14-18-24-25-20(27-2)26(18)17-12-8-9-13-17;/h17H,3-16H2,1-2H3,(H3,21,22,23);1H. The fraction of sp³-hybridized carbons (Fsp3) is 0.850. The number of halogens is 1. The second kappa shape index (κ2) is 15.3. The van der Waals surface area contributed by atoms with Crippen LogP contribution in [0.1, 0.15) is 89.4 Å². The van der Waals surface area contributed by atoms with Crippen molar-refractivity contribution in [3.8, 4) is 0 Å². The van der Waals surface area contributed by atoms with Crippen LogP contribution in [0, 0.1) is 0 Å². The Morgan fingerprint density at radius 1 is 1.14 bits per heavy atom. The van der Waals surface area contributed by atoms with Gasteiger partial charge in [0.1, 0.15) is 5.82 Å². The van der Waals surface area contributed by atoms with Crippen LogP contribution in [0.3, 0.4) is 0 Å². The van der Waals surface area contributed by atoms with Gasteiger partial charge in [0, 0.05) is 25.6 Å². The minimum absolute atomic E-state index is 0. The minimum Gasteiger partial charge on any atom is -0.370 e. The van der Waals surface area contributed by atoms with Crippen molar-refractivity contribution in [3.05, 3.63) is 5.82 Å². The first-order valence-corrected chi connectivity index (χ1v) is 12.0. The fourth-order valence-electron chi connectivity index (χ4n) is 3.76. The topological polar surface area (TPSA) is 81.1 Å². The van der Waals surface area contributed by atoms with E-state index in [9.17, 15) is 0 Å². The summed E-state index contributed by atoms with van der Waals surface area (Å²) in [5, 5.41) is 13.1. The van der Waals surface area contributed by atoms with Crippen molar-refractivity contribution < 1.29 is 0 Å². The number of thioether (sulfide) groups is 1. The lowest BCUT2D eigenvalue weighted by Crippen LogP contribution is -2.32. The van der Waals surface area contributed by atoms with Crippen LogP contribution in [0.5, 0.6) is 0 Å². The quantitative estimate of drug-likeness (QED) is 0.126. The van der Waals surface area contributed by atoms with Crippen molar-refractivity contribution in [2.45, 2.75) is 95.2 Å². The van der Waals surface area contributed by atoms with Crippen molar-refractivity contribution >= 4 is 41.7 Å². The summed E-state index contributed by atoms with van der Waals surface area (Å²) in [6.45, 7) is 3.91. The first-order valence-electron chi connectivity index (χ1n) is 10.8. The second-order valence-electron chi connectivity index (χ2n) is 7.48. The number of hydrogen-bond donors (Lipinski definition) is 2. The molecule has 1 fully saturated rings. The number of nitrogens with zero attached hydrogens (tertiary/aromatic N) is 4. The predicted octanol–water partition coefficient (Wildman–Crippen LogP) is 4.93. The zero-order chi connectivity index (χ0) is 19.3. The lowest BCUT2D eigenvalue weighted by Gasteiger charge is -2.16. The van der Waals surface area contributed by atoms with Gasteiger partial charge in [-0.25, -0.2) is 0 Å². The van der Waals surface area contributed by atoms with E-state index in [1.165, 1.54) is 64.2 Å². The van der Waals surface area contributed by atoms with Crippen LogP contribution in [0.15, 0.2) is 10.1 Å². The smallest absolute Gasteiger partial charge is 0.191 e. The van der Waals surface area contributed by atoms with Crippen LogP contribution in [0.2, 0.25) is 0 Å². The Morgan fingerprint density at radius 2 is 1.86 bits per heavy atom. The molecule has 1 aliphatic rings. The monoisotopic (exact) mass is 522 g/mol. The third kappa shape index (κ3) is 8.88. The lowest BCUT2D eigenvalue weighted by atomic mass is 10.1. The Bertz CT molecular complexity index is 557.